The maximum Gasteiger partial charge on any atom is 1.00 e. The van der Waals surface area contributed by atoms with E-state index in [1.165, 1.54) is 0 Å². The van der Waals surface area contributed by atoms with Crippen LogP contribution < -0.4 is 96.3 Å². The number of carboxylic acids is 6. The molecule has 0 radical (unpaired) electrons. The van der Waals surface area contributed by atoms with E-state index in [4.69, 9.17) is 46.0 Å². The monoisotopic (exact) mass is 741 g/mol. The van der Waals surface area contributed by atoms with Crippen LogP contribution in [0.4, 0.5) is 0 Å². The minimum atomic E-state index is -2.44. The van der Waals surface area contributed by atoms with E-state index < -0.39 is 72.4 Å². The Morgan fingerprint density at radius 3 is 0.667 bits per heavy atom. The summed E-state index contributed by atoms with van der Waals surface area (Å²) in [4.78, 5) is 58.2. The topological polar surface area (TPSA) is 354 Å². The number of aliphatic carboxylic acids is 6. The van der Waals surface area contributed by atoms with Gasteiger partial charge in [0.2, 0.25) is 0 Å². The summed E-state index contributed by atoms with van der Waals surface area (Å²) in [7, 11) is 0. The van der Waals surface area contributed by atoms with Crippen LogP contribution >= 0.6 is 0 Å². The molecule has 0 aliphatic carbocycles. The Kier molecular flexibility index (Phi) is 34.4. The van der Waals surface area contributed by atoms with E-state index >= 15 is 0 Å². The van der Waals surface area contributed by atoms with Crippen molar-refractivity contribution in [3.05, 3.63) is 0 Å². The molecule has 18 nitrogen and oxygen atoms in total. The molecule has 0 rings (SSSR count). The van der Waals surface area contributed by atoms with Crippen molar-refractivity contribution in [2.75, 3.05) is 0 Å². The third-order valence-corrected chi connectivity index (χ3v) is 2.38. The number of carbonyl (C=O) groups excluding carboxylic acids is 3. The number of hydrogen-bond acceptors (Lipinski definition) is 15. The first-order valence-corrected chi connectivity index (χ1v) is 6.79. The number of aliphatic hydroxyl groups is 6. The summed E-state index contributed by atoms with van der Waals surface area (Å²) in [6.07, 6.45) is -14.1. The minimum Gasteiger partial charge on any atom is -0.547 e. The second-order valence-electron chi connectivity index (χ2n) is 4.64. The summed E-state index contributed by atoms with van der Waals surface area (Å²) in [5.41, 5.74) is 0. The van der Waals surface area contributed by atoms with Gasteiger partial charge < -0.3 is 75.7 Å². The van der Waals surface area contributed by atoms with Gasteiger partial charge >= 0.3 is 98.8 Å². The molecule has 6 atom stereocenters. The standard InChI is InChI=1S/3C4H6O6.K.Na.Th/c3*5-1(3(7)8)2(6)4(9)10;;;/h3*1-2,5-6H,(H,7,8)(H,9,10);;;/q;;;2*+1;/p-3. The Labute approximate surface area is 279 Å². The minimum absolute atomic E-state index is 0. The van der Waals surface area contributed by atoms with Crippen molar-refractivity contribution in [2.45, 2.75) is 36.6 Å². The van der Waals surface area contributed by atoms with Crippen LogP contribution in [0, 0.1) is 39.9 Å². The SMILES string of the molecule is O=C(O)C(O)C(O)C(=O)O.O=C([O-])C(O)C(O)C(=O)O.O=C([O-])C(O)C(O)C(=O)[O-].[K+].[Na+].[Th]. The first-order chi connectivity index (χ1) is 13.4. The van der Waals surface area contributed by atoms with Gasteiger partial charge in [-0.3, -0.25) is 0 Å². The molecule has 0 heterocycles. The van der Waals surface area contributed by atoms with Crippen LogP contribution in [0.3, 0.4) is 0 Å². The first kappa shape index (κ1) is 46.8. The zero-order chi connectivity index (χ0) is 24.9. The van der Waals surface area contributed by atoms with Crippen molar-refractivity contribution in [1.82, 2.24) is 0 Å². The van der Waals surface area contributed by atoms with Crippen molar-refractivity contribution in [3.8, 4) is 0 Å². The van der Waals surface area contributed by atoms with Crippen LogP contribution in [-0.2, 0) is 28.8 Å². The number of rotatable bonds is 9. The van der Waals surface area contributed by atoms with E-state index in [1.807, 2.05) is 0 Å². The molecule has 0 aliphatic rings. The number of carboxylic acid groups (broad SMARTS) is 6. The van der Waals surface area contributed by atoms with Gasteiger partial charge in [0.25, 0.3) is 0 Å². The summed E-state index contributed by atoms with van der Waals surface area (Å²) >= 11 is 0. The van der Waals surface area contributed by atoms with Gasteiger partial charge in [-0.15, -0.1) is 0 Å². The van der Waals surface area contributed by atoms with Gasteiger partial charge in [0.1, 0.15) is 18.3 Å². The summed E-state index contributed by atoms with van der Waals surface area (Å²) in [6, 6.07) is 0. The largest absolute Gasteiger partial charge is 1.00 e. The molecule has 0 amide bonds. The molecule has 178 valence electrons. The fourth-order valence-electron chi connectivity index (χ4n) is 0.792. The molecular weight excluding hydrogens is 726 g/mol. The fraction of sp³-hybridized carbons (Fsp3) is 0.500. The molecular formula is C12H15KNaO18Th-. The van der Waals surface area contributed by atoms with Gasteiger partial charge in [-0.2, -0.15) is 0 Å². The normalized spacial score (nSPS) is 14.4. The Balaban J connectivity index is -0.0000000792. The molecule has 0 spiro atoms. The fourth-order valence-corrected chi connectivity index (χ4v) is 0.792. The molecule has 33 heavy (non-hydrogen) atoms. The van der Waals surface area contributed by atoms with E-state index in [2.05, 4.69) is 0 Å². The van der Waals surface area contributed by atoms with Crippen LogP contribution in [0.25, 0.3) is 0 Å². The molecule has 6 unspecified atom stereocenters. The molecule has 9 N–H and O–H groups in total. The predicted octanol–water partition coefficient (Wildman–Crippen LogP) is -16.4. The molecule has 0 aromatic rings. The van der Waals surface area contributed by atoms with E-state index in [9.17, 15) is 44.1 Å². The predicted molar refractivity (Wildman–Crippen MR) is 74.0 cm³/mol. The molecule has 0 bridgehead atoms. The van der Waals surface area contributed by atoms with Crippen LogP contribution in [0.15, 0.2) is 0 Å². The summed E-state index contributed by atoms with van der Waals surface area (Å²) in [5.74, 6) is -11.5. The smallest absolute Gasteiger partial charge is 0.547 e. The molecule has 0 aromatic heterocycles. The zero-order valence-corrected chi connectivity index (χ0v) is 25.9. The van der Waals surface area contributed by atoms with E-state index in [0.29, 0.717) is 0 Å². The van der Waals surface area contributed by atoms with Crippen molar-refractivity contribution < 1.29 is 211 Å². The number of carbonyl (C=O) groups is 6. The van der Waals surface area contributed by atoms with Gasteiger partial charge in [0.15, 0.2) is 18.3 Å². The molecule has 21 heteroatoms. The molecule has 0 aromatic carbocycles. The van der Waals surface area contributed by atoms with Crippen molar-refractivity contribution in [3.63, 3.8) is 0 Å². The van der Waals surface area contributed by atoms with Gasteiger partial charge in [0, 0.05) is 39.9 Å². The Hall–Kier alpha value is 0.541. The summed E-state index contributed by atoms with van der Waals surface area (Å²) in [5, 5.41) is 102. The second-order valence-corrected chi connectivity index (χ2v) is 4.64. The molecule has 0 saturated heterocycles. The maximum atomic E-state index is 9.77. The van der Waals surface area contributed by atoms with Crippen molar-refractivity contribution in [1.29, 1.82) is 0 Å². The third-order valence-electron chi connectivity index (χ3n) is 2.38. The van der Waals surface area contributed by atoms with E-state index in [1.54, 1.807) is 0 Å². The van der Waals surface area contributed by atoms with Crippen LogP contribution in [0.2, 0.25) is 0 Å². The number of hydrogen-bond donors (Lipinski definition) is 9. The number of aliphatic hydroxyl groups excluding tert-OH is 6. The van der Waals surface area contributed by atoms with Crippen molar-refractivity contribution in [2.24, 2.45) is 0 Å². The van der Waals surface area contributed by atoms with Crippen LogP contribution in [0.5, 0.6) is 0 Å². The Morgan fingerprint density at radius 2 is 0.576 bits per heavy atom. The molecule has 0 saturated carbocycles. The Bertz CT molecular complexity index is 506. The van der Waals surface area contributed by atoms with Gasteiger partial charge in [-0.25, -0.2) is 14.4 Å². The van der Waals surface area contributed by atoms with Gasteiger partial charge in [-0.05, 0) is 0 Å². The van der Waals surface area contributed by atoms with Gasteiger partial charge in [-0.1, -0.05) is 0 Å². The van der Waals surface area contributed by atoms with E-state index in [-0.39, 0.29) is 121 Å². The first-order valence-electron chi connectivity index (χ1n) is 6.79. The third kappa shape index (κ3) is 22.7. The molecule has 0 fully saturated rings. The van der Waals surface area contributed by atoms with Gasteiger partial charge in [0.05, 0.1) is 17.9 Å². The maximum absolute atomic E-state index is 9.77. The summed E-state index contributed by atoms with van der Waals surface area (Å²) < 4.78 is 0. The summed E-state index contributed by atoms with van der Waals surface area (Å²) in [6.45, 7) is 0. The van der Waals surface area contributed by atoms with Crippen LogP contribution in [-0.4, -0.2) is 118 Å². The zero-order valence-electron chi connectivity index (χ0n) is 16.7. The Morgan fingerprint density at radius 1 is 0.455 bits per heavy atom. The average molecular weight is 741 g/mol. The molecule has 0 aliphatic heterocycles. The second kappa shape index (κ2) is 24.2. The average Bonchev–Trinajstić information content (AvgIpc) is 2.64. The van der Waals surface area contributed by atoms with E-state index in [0.717, 1.165) is 0 Å². The van der Waals surface area contributed by atoms with Crippen LogP contribution in [0.1, 0.15) is 0 Å². The van der Waals surface area contributed by atoms with Crippen molar-refractivity contribution >= 4 is 35.8 Å². The quantitative estimate of drug-likeness (QED) is 0.0991.